The summed E-state index contributed by atoms with van der Waals surface area (Å²) in [4.78, 5) is 0. The molecule has 4 nitrogen and oxygen atoms in total. The molecule has 0 unspecified atom stereocenters. The SMILES string of the molecule is CC(C)COc1ccc(-c2c(C(C)(C)C)noc2N)cc1. The van der Waals surface area contributed by atoms with Gasteiger partial charge in [0.05, 0.1) is 17.9 Å². The van der Waals surface area contributed by atoms with E-state index in [0.717, 1.165) is 22.6 Å². The van der Waals surface area contributed by atoms with Gasteiger partial charge in [-0.15, -0.1) is 0 Å². The highest BCUT2D eigenvalue weighted by atomic mass is 16.5. The van der Waals surface area contributed by atoms with Crippen LogP contribution in [-0.4, -0.2) is 11.8 Å². The molecule has 0 radical (unpaired) electrons. The van der Waals surface area contributed by atoms with Crippen LogP contribution in [-0.2, 0) is 5.41 Å². The number of benzene rings is 1. The topological polar surface area (TPSA) is 61.3 Å². The van der Waals surface area contributed by atoms with Crippen molar-refractivity contribution >= 4 is 5.88 Å². The van der Waals surface area contributed by atoms with Crippen LogP contribution in [0.4, 0.5) is 5.88 Å². The van der Waals surface area contributed by atoms with Crippen molar-refractivity contribution in [2.75, 3.05) is 12.3 Å². The third-order valence-electron chi connectivity index (χ3n) is 3.16. The molecule has 2 N–H and O–H groups in total. The van der Waals surface area contributed by atoms with Crippen LogP contribution in [0.2, 0.25) is 0 Å². The second-order valence-corrected chi connectivity index (χ2v) is 6.75. The average molecular weight is 288 g/mol. The van der Waals surface area contributed by atoms with E-state index in [1.807, 2.05) is 24.3 Å². The normalized spacial score (nSPS) is 11.9. The summed E-state index contributed by atoms with van der Waals surface area (Å²) < 4.78 is 10.9. The second-order valence-electron chi connectivity index (χ2n) is 6.75. The van der Waals surface area contributed by atoms with Crippen molar-refractivity contribution in [1.82, 2.24) is 5.16 Å². The Morgan fingerprint density at radius 1 is 1.19 bits per heavy atom. The fourth-order valence-electron chi connectivity index (χ4n) is 2.07. The molecule has 0 atom stereocenters. The summed E-state index contributed by atoms with van der Waals surface area (Å²) in [6.45, 7) is 11.2. The third kappa shape index (κ3) is 3.57. The van der Waals surface area contributed by atoms with Gasteiger partial charge in [-0.2, -0.15) is 0 Å². The number of nitrogens with zero attached hydrogens (tertiary/aromatic N) is 1. The van der Waals surface area contributed by atoms with Crippen molar-refractivity contribution in [2.45, 2.75) is 40.0 Å². The van der Waals surface area contributed by atoms with Gasteiger partial charge in [-0.25, -0.2) is 0 Å². The molecule has 1 heterocycles. The molecule has 21 heavy (non-hydrogen) atoms. The van der Waals surface area contributed by atoms with Crippen molar-refractivity contribution in [3.63, 3.8) is 0 Å². The quantitative estimate of drug-likeness (QED) is 0.913. The van der Waals surface area contributed by atoms with E-state index in [9.17, 15) is 0 Å². The monoisotopic (exact) mass is 288 g/mol. The molecular weight excluding hydrogens is 264 g/mol. The summed E-state index contributed by atoms with van der Waals surface area (Å²) in [5.41, 5.74) is 8.56. The first-order valence-corrected chi connectivity index (χ1v) is 7.28. The van der Waals surface area contributed by atoms with E-state index in [2.05, 4.69) is 39.8 Å². The Bertz CT molecular complexity index is 592. The minimum Gasteiger partial charge on any atom is -0.493 e. The first-order chi connectivity index (χ1) is 9.79. The van der Waals surface area contributed by atoms with E-state index in [0.29, 0.717) is 18.4 Å². The minimum atomic E-state index is -0.122. The van der Waals surface area contributed by atoms with Crippen LogP contribution in [0.5, 0.6) is 5.75 Å². The molecule has 114 valence electrons. The van der Waals surface area contributed by atoms with Crippen LogP contribution >= 0.6 is 0 Å². The molecular formula is C17H24N2O2. The lowest BCUT2D eigenvalue weighted by Gasteiger charge is -2.16. The Morgan fingerprint density at radius 3 is 2.33 bits per heavy atom. The molecule has 2 rings (SSSR count). The standard InChI is InChI=1S/C17H24N2O2/c1-11(2)10-20-13-8-6-12(7-9-13)14-15(17(3,4)5)19-21-16(14)18/h6-9,11H,10,18H2,1-5H3. The molecule has 4 heteroatoms. The lowest BCUT2D eigenvalue weighted by molar-refractivity contribution is 0.271. The summed E-state index contributed by atoms with van der Waals surface area (Å²) in [7, 11) is 0. The van der Waals surface area contributed by atoms with Gasteiger partial charge in [0.2, 0.25) is 5.88 Å². The number of rotatable bonds is 4. The fourth-order valence-corrected chi connectivity index (χ4v) is 2.07. The van der Waals surface area contributed by atoms with Crippen LogP contribution in [0.1, 0.15) is 40.3 Å². The summed E-state index contributed by atoms with van der Waals surface area (Å²) >= 11 is 0. The molecule has 2 aromatic rings. The average Bonchev–Trinajstić information content (AvgIpc) is 2.79. The molecule has 0 saturated heterocycles. The van der Waals surface area contributed by atoms with Gasteiger partial charge in [0, 0.05) is 5.41 Å². The van der Waals surface area contributed by atoms with Gasteiger partial charge in [0.25, 0.3) is 0 Å². The Labute approximate surface area is 126 Å². The largest absolute Gasteiger partial charge is 0.493 e. The first-order valence-electron chi connectivity index (χ1n) is 7.28. The molecule has 0 aliphatic rings. The third-order valence-corrected chi connectivity index (χ3v) is 3.16. The van der Waals surface area contributed by atoms with Crippen LogP contribution in [0.15, 0.2) is 28.8 Å². The van der Waals surface area contributed by atoms with Gasteiger partial charge in [-0.3, -0.25) is 0 Å². The maximum atomic E-state index is 5.95. The number of hydrogen-bond acceptors (Lipinski definition) is 4. The number of anilines is 1. The molecule has 1 aromatic carbocycles. The molecule has 0 aliphatic heterocycles. The molecule has 0 aliphatic carbocycles. The first kappa shape index (κ1) is 15.4. The number of hydrogen-bond donors (Lipinski definition) is 1. The van der Waals surface area contributed by atoms with E-state index < -0.39 is 0 Å². The number of nitrogens with two attached hydrogens (primary N) is 1. The molecule has 0 bridgehead atoms. The molecule has 0 fully saturated rings. The smallest absolute Gasteiger partial charge is 0.230 e. The Hall–Kier alpha value is -1.97. The van der Waals surface area contributed by atoms with Crippen LogP contribution in [0, 0.1) is 5.92 Å². The highest BCUT2D eigenvalue weighted by Crippen LogP contribution is 2.37. The summed E-state index contributed by atoms with van der Waals surface area (Å²) in [5, 5.41) is 4.11. The Morgan fingerprint density at radius 2 is 1.81 bits per heavy atom. The summed E-state index contributed by atoms with van der Waals surface area (Å²) in [5.74, 6) is 1.72. The van der Waals surface area contributed by atoms with E-state index in [1.54, 1.807) is 0 Å². The maximum absolute atomic E-state index is 5.95. The van der Waals surface area contributed by atoms with Gasteiger partial charge in [0.15, 0.2) is 0 Å². The van der Waals surface area contributed by atoms with Gasteiger partial charge < -0.3 is 15.0 Å². The van der Waals surface area contributed by atoms with Gasteiger partial charge >= 0.3 is 0 Å². The van der Waals surface area contributed by atoms with Crippen molar-refractivity contribution in [3.05, 3.63) is 30.0 Å². The zero-order valence-corrected chi connectivity index (χ0v) is 13.4. The molecule has 0 spiro atoms. The van der Waals surface area contributed by atoms with Crippen molar-refractivity contribution in [3.8, 4) is 16.9 Å². The zero-order valence-electron chi connectivity index (χ0n) is 13.4. The van der Waals surface area contributed by atoms with Gasteiger partial charge in [-0.05, 0) is 23.6 Å². The molecule has 0 amide bonds. The van der Waals surface area contributed by atoms with Gasteiger partial charge in [-0.1, -0.05) is 51.9 Å². The Balaban J connectivity index is 2.29. The fraction of sp³-hybridized carbons (Fsp3) is 0.471. The summed E-state index contributed by atoms with van der Waals surface area (Å²) in [6.07, 6.45) is 0. The number of nitrogen functional groups attached to an aromatic ring is 1. The summed E-state index contributed by atoms with van der Waals surface area (Å²) in [6, 6.07) is 7.90. The highest BCUT2D eigenvalue weighted by Gasteiger charge is 2.26. The highest BCUT2D eigenvalue weighted by molar-refractivity contribution is 5.76. The number of ether oxygens (including phenoxy) is 1. The van der Waals surface area contributed by atoms with Crippen LogP contribution in [0.3, 0.4) is 0 Å². The minimum absolute atomic E-state index is 0.122. The van der Waals surface area contributed by atoms with Gasteiger partial charge in [0.1, 0.15) is 5.75 Å². The van der Waals surface area contributed by atoms with E-state index in [1.165, 1.54) is 0 Å². The van der Waals surface area contributed by atoms with E-state index in [-0.39, 0.29) is 5.41 Å². The van der Waals surface area contributed by atoms with Crippen LogP contribution in [0.25, 0.3) is 11.1 Å². The van der Waals surface area contributed by atoms with E-state index >= 15 is 0 Å². The molecule has 0 saturated carbocycles. The lowest BCUT2D eigenvalue weighted by Crippen LogP contribution is -2.13. The Kier molecular flexibility index (Phi) is 4.26. The zero-order chi connectivity index (χ0) is 15.6. The van der Waals surface area contributed by atoms with E-state index in [4.69, 9.17) is 15.0 Å². The van der Waals surface area contributed by atoms with Crippen molar-refractivity contribution < 1.29 is 9.26 Å². The second kappa shape index (κ2) is 5.80. The number of aromatic nitrogens is 1. The lowest BCUT2D eigenvalue weighted by atomic mass is 9.87. The van der Waals surface area contributed by atoms with Crippen molar-refractivity contribution in [1.29, 1.82) is 0 Å². The molecule has 1 aromatic heterocycles. The van der Waals surface area contributed by atoms with Crippen molar-refractivity contribution in [2.24, 2.45) is 5.92 Å². The maximum Gasteiger partial charge on any atom is 0.230 e. The van der Waals surface area contributed by atoms with Crippen LogP contribution < -0.4 is 10.5 Å². The predicted octanol–water partition coefficient (Wildman–Crippen LogP) is 4.26. The predicted molar refractivity (Wildman–Crippen MR) is 85.4 cm³/mol.